The number of aliphatic hydroxyl groups excluding tert-OH is 4. The van der Waals surface area contributed by atoms with E-state index in [1.54, 1.807) is 0 Å². The maximum Gasteiger partial charge on any atom is 0.250 e. The Morgan fingerprint density at radius 2 is 1.74 bits per heavy atom. The summed E-state index contributed by atoms with van der Waals surface area (Å²) >= 11 is 1.48. The number of carbonyl (C=O) groups is 1. The number of piperidine rings is 1. The SMILES string of the molecule is CN(CCCN1CN(c2ccccc2)C2(CCN(CCC3CCC4CC3C4(C)C)CC2)C1=O)C(c1cccs1)C(O)C(O)C(O)CO. The van der Waals surface area contributed by atoms with Gasteiger partial charge < -0.3 is 35.1 Å². The largest absolute Gasteiger partial charge is 0.394 e. The summed E-state index contributed by atoms with van der Waals surface area (Å²) in [6.07, 6.45) is 3.64. The molecular formula is C37H56N4O5S. The minimum Gasteiger partial charge on any atom is -0.394 e. The molecule has 2 saturated heterocycles. The number of para-hydroxylation sites is 1. The second kappa shape index (κ2) is 14.4. The summed E-state index contributed by atoms with van der Waals surface area (Å²) < 4.78 is 0. The Labute approximate surface area is 284 Å². The van der Waals surface area contributed by atoms with Crippen LogP contribution in [0.2, 0.25) is 0 Å². The van der Waals surface area contributed by atoms with Crippen molar-refractivity contribution >= 4 is 22.9 Å². The third-order valence-corrected chi connectivity index (χ3v) is 13.5. The molecule has 9 nitrogen and oxygen atoms in total. The molecule has 3 heterocycles. The lowest BCUT2D eigenvalue weighted by atomic mass is 9.45. The molecule has 7 atom stereocenters. The van der Waals surface area contributed by atoms with Crippen molar-refractivity contribution in [1.29, 1.82) is 0 Å². The van der Waals surface area contributed by atoms with Crippen molar-refractivity contribution in [3.8, 4) is 0 Å². The van der Waals surface area contributed by atoms with Crippen LogP contribution in [-0.2, 0) is 4.79 Å². The molecule has 2 aromatic rings. The van der Waals surface area contributed by atoms with E-state index >= 15 is 0 Å². The molecule has 3 saturated carbocycles. The number of aliphatic hydroxyl groups is 4. The minimum absolute atomic E-state index is 0.217. The molecule has 5 fully saturated rings. The van der Waals surface area contributed by atoms with E-state index in [0.717, 1.165) is 60.8 Å². The van der Waals surface area contributed by atoms with Crippen LogP contribution >= 0.6 is 11.3 Å². The highest BCUT2D eigenvalue weighted by Gasteiger charge is 2.55. The monoisotopic (exact) mass is 668 g/mol. The van der Waals surface area contributed by atoms with Gasteiger partial charge in [-0.2, -0.15) is 0 Å². The molecule has 2 aliphatic heterocycles. The molecule has 5 aliphatic rings. The van der Waals surface area contributed by atoms with Crippen LogP contribution in [0.5, 0.6) is 0 Å². The Bertz CT molecular complexity index is 1300. The normalized spacial score (nSPS) is 28.0. The predicted molar refractivity (Wildman–Crippen MR) is 186 cm³/mol. The number of benzene rings is 1. The standard InChI is InChI=1S/C37H56N4O5S/c1-36(2)27-13-12-26(29(36)23-27)14-19-39-20-15-37(16-21-39)35(46)40(25-41(37)28-9-5-4-6-10-28)18-8-17-38(3)32(31-11-7-22-47-31)34(45)33(44)30(43)24-42/h4-7,9-11,22,26-27,29-30,32-34,42-45H,8,12-21,23-25H2,1-3H3. The average molecular weight is 669 g/mol. The lowest BCUT2D eigenvalue weighted by molar-refractivity contribution is -0.134. The molecule has 10 heteroatoms. The lowest BCUT2D eigenvalue weighted by Gasteiger charge is -2.60. The van der Waals surface area contributed by atoms with Gasteiger partial charge in [-0.1, -0.05) is 38.1 Å². The molecular weight excluding hydrogens is 612 g/mol. The maximum absolute atomic E-state index is 14.3. The van der Waals surface area contributed by atoms with Crippen molar-refractivity contribution in [3.63, 3.8) is 0 Å². The van der Waals surface area contributed by atoms with Crippen LogP contribution in [0.1, 0.15) is 69.7 Å². The molecule has 1 aromatic heterocycles. The zero-order valence-corrected chi connectivity index (χ0v) is 29.3. The third-order valence-electron chi connectivity index (χ3n) is 12.6. The summed E-state index contributed by atoms with van der Waals surface area (Å²) in [6.45, 7) is 9.08. The number of amides is 1. The van der Waals surface area contributed by atoms with Gasteiger partial charge in [0.25, 0.3) is 0 Å². The van der Waals surface area contributed by atoms with Gasteiger partial charge in [-0.3, -0.25) is 9.69 Å². The first-order valence-electron chi connectivity index (χ1n) is 17.8. The van der Waals surface area contributed by atoms with Gasteiger partial charge >= 0.3 is 0 Å². The van der Waals surface area contributed by atoms with E-state index in [2.05, 4.69) is 47.9 Å². The van der Waals surface area contributed by atoms with E-state index < -0.39 is 36.5 Å². The maximum atomic E-state index is 14.3. The molecule has 7 rings (SSSR count). The fraction of sp³-hybridized carbons (Fsp3) is 0.703. The van der Waals surface area contributed by atoms with E-state index in [4.69, 9.17) is 0 Å². The predicted octanol–water partition coefficient (Wildman–Crippen LogP) is 3.79. The highest BCUT2D eigenvalue weighted by atomic mass is 32.1. The Hall–Kier alpha value is -2.05. The van der Waals surface area contributed by atoms with Gasteiger partial charge in [0.2, 0.25) is 5.91 Å². The van der Waals surface area contributed by atoms with Gasteiger partial charge in [-0.05, 0) is 105 Å². The first-order chi connectivity index (χ1) is 22.6. The van der Waals surface area contributed by atoms with E-state index in [1.807, 2.05) is 40.4 Å². The molecule has 4 N–H and O–H groups in total. The van der Waals surface area contributed by atoms with Crippen LogP contribution in [-0.4, -0.2) is 118 Å². The van der Waals surface area contributed by atoms with Crippen molar-refractivity contribution in [1.82, 2.24) is 14.7 Å². The van der Waals surface area contributed by atoms with Crippen LogP contribution in [0, 0.1) is 23.2 Å². The number of carbonyl (C=O) groups excluding carboxylic acids is 1. The number of likely N-dealkylation sites (N-methyl/N-ethyl adjacent to an activating group) is 1. The Balaban J connectivity index is 1.08. The van der Waals surface area contributed by atoms with Crippen molar-refractivity contribution in [2.24, 2.45) is 23.2 Å². The second-order valence-corrected chi connectivity index (χ2v) is 16.3. The van der Waals surface area contributed by atoms with Crippen molar-refractivity contribution in [3.05, 3.63) is 52.7 Å². The van der Waals surface area contributed by atoms with Gasteiger partial charge in [-0.15, -0.1) is 11.3 Å². The van der Waals surface area contributed by atoms with Gasteiger partial charge in [-0.25, -0.2) is 0 Å². The third kappa shape index (κ3) is 6.76. The van der Waals surface area contributed by atoms with E-state index in [0.29, 0.717) is 31.6 Å². The number of hydrogen-bond donors (Lipinski definition) is 4. The summed E-state index contributed by atoms with van der Waals surface area (Å²) in [5.74, 6) is 2.88. The molecule has 260 valence electrons. The fourth-order valence-corrected chi connectivity index (χ4v) is 10.4. The molecule has 1 aromatic carbocycles. The number of anilines is 1. The minimum atomic E-state index is -1.49. The van der Waals surface area contributed by atoms with E-state index in [-0.39, 0.29) is 5.91 Å². The fourth-order valence-electron chi connectivity index (χ4n) is 9.45. The van der Waals surface area contributed by atoms with Crippen LogP contribution in [0.15, 0.2) is 47.8 Å². The van der Waals surface area contributed by atoms with Crippen LogP contribution < -0.4 is 4.90 Å². The van der Waals surface area contributed by atoms with Crippen molar-refractivity contribution < 1.29 is 25.2 Å². The Morgan fingerprint density at radius 1 is 1.00 bits per heavy atom. The highest BCUT2D eigenvalue weighted by Crippen LogP contribution is 2.62. The molecule has 47 heavy (non-hydrogen) atoms. The number of likely N-dealkylation sites (tertiary alicyclic amines) is 1. The smallest absolute Gasteiger partial charge is 0.250 e. The number of thiophene rings is 1. The van der Waals surface area contributed by atoms with Gasteiger partial charge in [0.05, 0.1) is 19.3 Å². The van der Waals surface area contributed by atoms with Crippen LogP contribution in [0.4, 0.5) is 5.69 Å². The molecule has 7 unspecified atom stereocenters. The summed E-state index contributed by atoms with van der Waals surface area (Å²) in [7, 11) is 1.89. The van der Waals surface area contributed by atoms with E-state index in [9.17, 15) is 25.2 Å². The summed E-state index contributed by atoms with van der Waals surface area (Å²) in [6, 6.07) is 13.6. The van der Waals surface area contributed by atoms with Crippen molar-refractivity contribution in [2.75, 3.05) is 57.9 Å². The van der Waals surface area contributed by atoms with Crippen molar-refractivity contribution in [2.45, 2.75) is 88.7 Å². The summed E-state index contributed by atoms with van der Waals surface area (Å²) in [4.78, 5) is 24.1. The Kier molecular flexibility index (Phi) is 10.7. The zero-order valence-electron chi connectivity index (χ0n) is 28.5. The number of rotatable bonds is 14. The number of nitrogens with zero attached hydrogens (tertiary/aromatic N) is 4. The number of hydrogen-bond acceptors (Lipinski definition) is 9. The zero-order chi connectivity index (χ0) is 33.3. The molecule has 1 amide bonds. The topological polar surface area (TPSA) is 111 Å². The highest BCUT2D eigenvalue weighted by molar-refractivity contribution is 7.10. The Morgan fingerprint density at radius 3 is 2.38 bits per heavy atom. The molecule has 3 aliphatic carbocycles. The van der Waals surface area contributed by atoms with Crippen LogP contribution in [0.25, 0.3) is 0 Å². The van der Waals surface area contributed by atoms with Gasteiger partial charge in [0.1, 0.15) is 23.9 Å². The average Bonchev–Trinajstić information content (AvgIpc) is 3.71. The van der Waals surface area contributed by atoms with Crippen LogP contribution in [0.3, 0.4) is 0 Å². The molecule has 0 radical (unpaired) electrons. The van der Waals surface area contributed by atoms with Gasteiger partial charge in [0, 0.05) is 36.7 Å². The summed E-state index contributed by atoms with van der Waals surface area (Å²) in [5.41, 5.74) is 1.08. The van der Waals surface area contributed by atoms with E-state index in [1.165, 1.54) is 37.0 Å². The lowest BCUT2D eigenvalue weighted by Crippen LogP contribution is -2.57. The second-order valence-electron chi connectivity index (χ2n) is 15.4. The van der Waals surface area contributed by atoms with Gasteiger partial charge in [0.15, 0.2) is 0 Å². The first-order valence-corrected chi connectivity index (χ1v) is 18.7. The number of fused-ring (bicyclic) bond motifs is 2. The summed E-state index contributed by atoms with van der Waals surface area (Å²) in [5, 5.41) is 42.9. The molecule has 2 bridgehead atoms. The quantitative estimate of drug-likeness (QED) is 0.241. The first kappa shape index (κ1) is 34.8. The molecule has 1 spiro atoms.